The molecule has 146 valence electrons. The number of benzene rings is 2. The first-order valence-corrected chi connectivity index (χ1v) is 9.44. The number of rotatable bonds is 6. The summed E-state index contributed by atoms with van der Waals surface area (Å²) in [6.07, 6.45) is 0. The number of carbonyl (C=O) groups excluding carboxylic acids is 1. The van der Waals surface area contributed by atoms with Gasteiger partial charge in [-0.15, -0.1) is 0 Å². The molecule has 1 N–H and O–H groups in total. The monoisotopic (exact) mass is 520 g/mol. The molecule has 0 spiro atoms. The van der Waals surface area contributed by atoms with Gasteiger partial charge in [0.05, 0.1) is 5.56 Å². The van der Waals surface area contributed by atoms with E-state index in [1.807, 2.05) is 22.6 Å². The highest BCUT2D eigenvalue weighted by Crippen LogP contribution is 2.32. The van der Waals surface area contributed by atoms with E-state index >= 15 is 0 Å². The van der Waals surface area contributed by atoms with Crippen LogP contribution in [0, 0.1) is 26.8 Å². The van der Waals surface area contributed by atoms with Gasteiger partial charge in [0.1, 0.15) is 13.2 Å². The molecule has 0 atom stereocenters. The third kappa shape index (κ3) is 4.87. The Morgan fingerprint density at radius 3 is 1.96 bits per heavy atom. The van der Waals surface area contributed by atoms with Crippen molar-refractivity contribution in [2.24, 2.45) is 0 Å². The number of carbonyl (C=O) groups is 1. The fourth-order valence-corrected chi connectivity index (χ4v) is 2.88. The Morgan fingerprint density at radius 2 is 1.48 bits per heavy atom. The zero-order valence-electron chi connectivity index (χ0n) is 13.0. The maximum Gasteiger partial charge on any atom is 0.338 e. The summed E-state index contributed by atoms with van der Waals surface area (Å²) >= 11 is 2.02. The van der Waals surface area contributed by atoms with Crippen molar-refractivity contribution in [1.29, 1.82) is 0 Å². The van der Waals surface area contributed by atoms with Crippen molar-refractivity contribution in [2.75, 3.05) is 13.2 Å². The predicted octanol–water partition coefficient (Wildman–Crippen LogP) is 3.33. The highest BCUT2D eigenvalue weighted by molar-refractivity contribution is 14.1. The van der Waals surface area contributed by atoms with E-state index in [2.05, 4.69) is 4.74 Å². The highest BCUT2D eigenvalue weighted by Gasteiger charge is 2.33. The Bertz CT molecular complexity index is 950. The van der Waals surface area contributed by atoms with Crippen LogP contribution in [0.5, 0.6) is 5.75 Å². The SMILES string of the molecule is O=C(OCCOc1c(F)c(F)c(S(=O)(=O)O)c(F)c1F)c1ccc(I)cc1. The van der Waals surface area contributed by atoms with E-state index in [1.165, 1.54) is 12.1 Å². The van der Waals surface area contributed by atoms with Gasteiger partial charge in [-0.3, -0.25) is 4.55 Å². The van der Waals surface area contributed by atoms with E-state index in [9.17, 15) is 30.8 Å². The Kier molecular flexibility index (Phi) is 6.64. The van der Waals surface area contributed by atoms with Gasteiger partial charge in [-0.25, -0.2) is 13.6 Å². The molecule has 0 radical (unpaired) electrons. The second-order valence-electron chi connectivity index (χ2n) is 4.88. The Hall–Kier alpha value is -1.93. The van der Waals surface area contributed by atoms with Crippen LogP contribution in [0.25, 0.3) is 0 Å². The average Bonchev–Trinajstić information content (AvgIpc) is 2.58. The summed E-state index contributed by atoms with van der Waals surface area (Å²) in [6, 6.07) is 6.23. The Morgan fingerprint density at radius 1 is 0.963 bits per heavy atom. The van der Waals surface area contributed by atoms with Crippen LogP contribution in [-0.2, 0) is 14.9 Å². The van der Waals surface area contributed by atoms with Gasteiger partial charge in [-0.05, 0) is 46.9 Å². The molecule has 0 saturated heterocycles. The average molecular weight is 520 g/mol. The maximum absolute atomic E-state index is 13.7. The van der Waals surface area contributed by atoms with Crippen LogP contribution in [0.15, 0.2) is 29.2 Å². The molecule has 2 aromatic rings. The van der Waals surface area contributed by atoms with Gasteiger partial charge in [-0.2, -0.15) is 17.2 Å². The summed E-state index contributed by atoms with van der Waals surface area (Å²) in [5, 5.41) is 0. The molecule has 0 unspecified atom stereocenters. The van der Waals surface area contributed by atoms with E-state index in [0.717, 1.165) is 3.57 Å². The lowest BCUT2D eigenvalue weighted by Crippen LogP contribution is -2.16. The molecular weight excluding hydrogens is 511 g/mol. The quantitative estimate of drug-likeness (QED) is 0.157. The van der Waals surface area contributed by atoms with Gasteiger partial charge in [0.15, 0.2) is 22.3 Å². The lowest BCUT2D eigenvalue weighted by Gasteiger charge is -2.12. The number of halogens is 5. The van der Waals surface area contributed by atoms with Crippen LogP contribution in [0.4, 0.5) is 17.6 Å². The molecule has 0 aliphatic rings. The van der Waals surface area contributed by atoms with Crippen molar-refractivity contribution in [3.05, 3.63) is 56.7 Å². The van der Waals surface area contributed by atoms with E-state index in [0.29, 0.717) is 0 Å². The molecular formula is C15H9F4IO6S. The molecule has 0 saturated carbocycles. The molecule has 0 amide bonds. The molecule has 27 heavy (non-hydrogen) atoms. The van der Waals surface area contributed by atoms with Gasteiger partial charge < -0.3 is 9.47 Å². The fraction of sp³-hybridized carbons (Fsp3) is 0.133. The third-order valence-electron chi connectivity index (χ3n) is 3.08. The molecule has 0 aliphatic carbocycles. The molecule has 0 bridgehead atoms. The molecule has 0 fully saturated rings. The van der Waals surface area contributed by atoms with Crippen LogP contribution in [0.1, 0.15) is 10.4 Å². The molecule has 0 aromatic heterocycles. The van der Waals surface area contributed by atoms with Gasteiger partial charge in [0.2, 0.25) is 11.6 Å². The maximum atomic E-state index is 13.7. The standard InChI is InChI=1S/C15H9F4IO6S/c16-9-11(18)14(27(22,23)24)12(19)10(17)13(9)25-5-6-26-15(21)7-1-3-8(20)4-2-7/h1-4H,5-6H2,(H,22,23,24). The highest BCUT2D eigenvalue weighted by atomic mass is 127. The van der Waals surface area contributed by atoms with Gasteiger partial charge >= 0.3 is 16.1 Å². The molecule has 12 heteroatoms. The molecule has 2 rings (SSSR count). The van der Waals surface area contributed by atoms with Gasteiger partial charge in [-0.1, -0.05) is 0 Å². The smallest absolute Gasteiger partial charge is 0.338 e. The zero-order chi connectivity index (χ0) is 20.4. The molecule has 0 heterocycles. The summed E-state index contributed by atoms with van der Waals surface area (Å²) in [7, 11) is -5.55. The zero-order valence-corrected chi connectivity index (χ0v) is 16.0. The fourth-order valence-electron chi connectivity index (χ4n) is 1.89. The topological polar surface area (TPSA) is 89.9 Å². The minimum atomic E-state index is -5.55. The van der Waals surface area contributed by atoms with Crippen molar-refractivity contribution in [1.82, 2.24) is 0 Å². The first kappa shape index (κ1) is 21.4. The van der Waals surface area contributed by atoms with Crippen molar-refractivity contribution in [2.45, 2.75) is 4.90 Å². The summed E-state index contributed by atoms with van der Waals surface area (Å²) < 4.78 is 95.1. The first-order chi connectivity index (χ1) is 12.5. The van der Waals surface area contributed by atoms with Crippen molar-refractivity contribution in [3.8, 4) is 5.75 Å². The van der Waals surface area contributed by atoms with E-state index < -0.39 is 63.2 Å². The third-order valence-corrected chi connectivity index (χ3v) is 4.68. The van der Waals surface area contributed by atoms with Crippen LogP contribution in [-0.4, -0.2) is 32.2 Å². The van der Waals surface area contributed by atoms with Crippen LogP contribution >= 0.6 is 22.6 Å². The summed E-state index contributed by atoms with van der Waals surface area (Å²) in [5.41, 5.74) is 0.197. The van der Waals surface area contributed by atoms with Crippen molar-refractivity contribution < 1.29 is 44.8 Å². The molecule has 2 aromatic carbocycles. The van der Waals surface area contributed by atoms with Crippen LogP contribution in [0.2, 0.25) is 0 Å². The number of hydrogen-bond acceptors (Lipinski definition) is 5. The first-order valence-electron chi connectivity index (χ1n) is 6.93. The van der Waals surface area contributed by atoms with Crippen LogP contribution in [0.3, 0.4) is 0 Å². The summed E-state index contributed by atoms with van der Waals surface area (Å²) in [6.45, 7) is -1.21. The van der Waals surface area contributed by atoms with Crippen molar-refractivity contribution in [3.63, 3.8) is 0 Å². The van der Waals surface area contributed by atoms with Gasteiger partial charge in [0, 0.05) is 3.57 Å². The second kappa shape index (κ2) is 8.39. The summed E-state index contributed by atoms with van der Waals surface area (Å²) in [5.74, 6) is -11.3. The minimum Gasteiger partial charge on any atom is -0.484 e. The lowest BCUT2D eigenvalue weighted by molar-refractivity contribution is 0.0444. The Labute approximate surface area is 164 Å². The normalized spacial score (nSPS) is 11.3. The summed E-state index contributed by atoms with van der Waals surface area (Å²) in [4.78, 5) is 9.55. The van der Waals surface area contributed by atoms with E-state index in [4.69, 9.17) is 9.29 Å². The largest absolute Gasteiger partial charge is 0.484 e. The van der Waals surface area contributed by atoms with E-state index in [-0.39, 0.29) is 5.56 Å². The van der Waals surface area contributed by atoms with Crippen LogP contribution < -0.4 is 4.74 Å². The number of hydrogen-bond donors (Lipinski definition) is 1. The number of esters is 1. The predicted molar refractivity (Wildman–Crippen MR) is 91.0 cm³/mol. The number of ether oxygens (including phenoxy) is 2. The molecule has 0 aliphatic heterocycles. The Balaban J connectivity index is 2.08. The van der Waals surface area contributed by atoms with Gasteiger partial charge in [0.25, 0.3) is 0 Å². The second-order valence-corrected chi connectivity index (χ2v) is 7.48. The van der Waals surface area contributed by atoms with Crippen molar-refractivity contribution >= 4 is 38.7 Å². The molecule has 6 nitrogen and oxygen atoms in total. The van der Waals surface area contributed by atoms with E-state index in [1.54, 1.807) is 12.1 Å². The lowest BCUT2D eigenvalue weighted by atomic mass is 10.2. The minimum absolute atomic E-state index is 0.197.